The predicted octanol–water partition coefficient (Wildman–Crippen LogP) is 1.96. The Labute approximate surface area is 214 Å². The normalized spacial score (nSPS) is 17.4. The topological polar surface area (TPSA) is 137 Å². The molecule has 2 aromatic carbocycles. The number of nitrogens with one attached hydrogen (secondary N) is 1. The summed E-state index contributed by atoms with van der Waals surface area (Å²) in [7, 11) is 0. The van der Waals surface area contributed by atoms with Gasteiger partial charge in [0.25, 0.3) is 0 Å². The minimum atomic E-state index is -0.521. The number of morpholine rings is 1. The molecule has 2 saturated heterocycles. The minimum absolute atomic E-state index is 0.241. The van der Waals surface area contributed by atoms with Crippen molar-refractivity contribution in [3.63, 3.8) is 0 Å². The van der Waals surface area contributed by atoms with Gasteiger partial charge in [0.15, 0.2) is 5.82 Å². The van der Waals surface area contributed by atoms with Crippen LogP contribution in [0.2, 0.25) is 0 Å². The maximum absolute atomic E-state index is 11.7. The SMILES string of the molecule is N#Cc1cc(-c2ncnc(Nc3cccc(N4CCOCC4)c3)n2)ccc1OC1CCN(C(=O)CO)C1. The van der Waals surface area contributed by atoms with E-state index in [9.17, 15) is 10.1 Å². The van der Waals surface area contributed by atoms with Crippen LogP contribution in [0.15, 0.2) is 48.8 Å². The molecule has 1 atom stereocenters. The van der Waals surface area contributed by atoms with Crippen molar-refractivity contribution in [2.75, 3.05) is 56.2 Å². The number of aliphatic hydroxyl groups is 1. The van der Waals surface area contributed by atoms with E-state index in [1.54, 1.807) is 23.1 Å². The molecule has 1 unspecified atom stereocenters. The third kappa shape index (κ3) is 5.77. The fourth-order valence-electron chi connectivity index (χ4n) is 4.42. The average Bonchev–Trinajstić information content (AvgIpc) is 3.42. The molecule has 0 spiro atoms. The molecule has 1 aromatic heterocycles. The number of benzene rings is 2. The standard InChI is InChI=1S/C26H27N7O4/c27-14-19-12-18(4-5-23(19)37-22-6-7-33(15-22)24(35)16-34)25-28-17-29-26(31-25)30-20-2-1-3-21(13-20)32-8-10-36-11-9-32/h1-5,12-13,17,22,34H,6-11,15-16H2,(H,28,29,30,31). The minimum Gasteiger partial charge on any atom is -0.487 e. The number of carbonyl (C=O) groups is 1. The summed E-state index contributed by atoms with van der Waals surface area (Å²) < 4.78 is 11.4. The zero-order valence-corrected chi connectivity index (χ0v) is 20.2. The monoisotopic (exact) mass is 501 g/mol. The molecule has 37 heavy (non-hydrogen) atoms. The maximum Gasteiger partial charge on any atom is 0.248 e. The van der Waals surface area contributed by atoms with Gasteiger partial charge >= 0.3 is 0 Å². The second kappa shape index (κ2) is 11.2. The van der Waals surface area contributed by atoms with Crippen LogP contribution in [0.4, 0.5) is 17.3 Å². The molecule has 0 radical (unpaired) electrons. The molecule has 190 valence electrons. The Kier molecular flexibility index (Phi) is 7.39. The van der Waals surface area contributed by atoms with Gasteiger partial charge in [-0.2, -0.15) is 10.2 Å². The summed E-state index contributed by atoms with van der Waals surface area (Å²) in [5, 5.41) is 22.0. The summed E-state index contributed by atoms with van der Waals surface area (Å²) in [5.74, 6) is 0.920. The van der Waals surface area contributed by atoms with Crippen LogP contribution < -0.4 is 15.0 Å². The first kappa shape index (κ1) is 24.4. The van der Waals surface area contributed by atoms with E-state index in [0.29, 0.717) is 61.4 Å². The van der Waals surface area contributed by atoms with Crippen molar-refractivity contribution < 1.29 is 19.4 Å². The molecule has 0 aliphatic carbocycles. The van der Waals surface area contributed by atoms with Gasteiger partial charge in [-0.1, -0.05) is 6.07 Å². The highest BCUT2D eigenvalue weighted by atomic mass is 16.5. The van der Waals surface area contributed by atoms with Crippen LogP contribution in [0.3, 0.4) is 0 Å². The van der Waals surface area contributed by atoms with Crippen LogP contribution in [0.25, 0.3) is 11.4 Å². The molecular formula is C26H27N7O4. The number of rotatable bonds is 7. The van der Waals surface area contributed by atoms with Crippen molar-refractivity contribution in [1.29, 1.82) is 5.26 Å². The van der Waals surface area contributed by atoms with Gasteiger partial charge in [0, 0.05) is 43.0 Å². The van der Waals surface area contributed by atoms with Crippen molar-refractivity contribution in [3.8, 4) is 23.2 Å². The van der Waals surface area contributed by atoms with E-state index in [1.165, 1.54) is 6.33 Å². The van der Waals surface area contributed by atoms with Crippen LogP contribution in [0.5, 0.6) is 5.75 Å². The zero-order chi connectivity index (χ0) is 25.6. The predicted molar refractivity (Wildman–Crippen MR) is 135 cm³/mol. The molecule has 0 saturated carbocycles. The molecule has 1 amide bonds. The molecule has 2 fully saturated rings. The number of hydrogen-bond acceptors (Lipinski definition) is 10. The highest BCUT2D eigenvalue weighted by Crippen LogP contribution is 2.28. The van der Waals surface area contributed by atoms with Gasteiger partial charge in [-0.05, 0) is 36.4 Å². The molecule has 11 heteroatoms. The second-order valence-corrected chi connectivity index (χ2v) is 8.76. The Hall–Kier alpha value is -4.27. The van der Waals surface area contributed by atoms with Crippen LogP contribution in [-0.4, -0.2) is 83.0 Å². The highest BCUT2D eigenvalue weighted by Gasteiger charge is 2.27. The van der Waals surface area contributed by atoms with Crippen molar-refractivity contribution in [3.05, 3.63) is 54.4 Å². The van der Waals surface area contributed by atoms with Crippen molar-refractivity contribution in [1.82, 2.24) is 19.9 Å². The molecular weight excluding hydrogens is 474 g/mol. The van der Waals surface area contributed by atoms with Crippen LogP contribution in [-0.2, 0) is 9.53 Å². The summed E-state index contributed by atoms with van der Waals surface area (Å²) in [5.41, 5.74) is 2.95. The van der Waals surface area contributed by atoms with E-state index in [2.05, 4.69) is 37.3 Å². The molecule has 0 bridgehead atoms. The lowest BCUT2D eigenvalue weighted by Gasteiger charge is -2.29. The Morgan fingerprint density at radius 3 is 2.86 bits per heavy atom. The highest BCUT2D eigenvalue weighted by molar-refractivity contribution is 5.77. The molecule has 2 N–H and O–H groups in total. The third-order valence-corrected chi connectivity index (χ3v) is 6.34. The fraction of sp³-hybridized carbons (Fsp3) is 0.346. The van der Waals surface area contributed by atoms with Crippen molar-refractivity contribution in [2.24, 2.45) is 0 Å². The number of aromatic nitrogens is 3. The Bertz CT molecular complexity index is 1310. The number of ether oxygens (including phenoxy) is 2. The first-order valence-corrected chi connectivity index (χ1v) is 12.1. The van der Waals surface area contributed by atoms with E-state index in [1.807, 2.05) is 18.2 Å². The summed E-state index contributed by atoms with van der Waals surface area (Å²) in [6.07, 6.45) is 1.82. The number of hydrogen-bond donors (Lipinski definition) is 2. The van der Waals surface area contributed by atoms with Gasteiger partial charge in [-0.15, -0.1) is 0 Å². The van der Waals surface area contributed by atoms with E-state index < -0.39 is 6.61 Å². The van der Waals surface area contributed by atoms with Crippen LogP contribution in [0, 0.1) is 11.3 Å². The lowest BCUT2D eigenvalue weighted by Crippen LogP contribution is -2.36. The number of carbonyl (C=O) groups excluding carboxylic acids is 1. The smallest absolute Gasteiger partial charge is 0.248 e. The average molecular weight is 502 g/mol. The van der Waals surface area contributed by atoms with Crippen molar-refractivity contribution >= 4 is 23.2 Å². The number of aliphatic hydroxyl groups excluding tert-OH is 1. The zero-order valence-electron chi connectivity index (χ0n) is 20.2. The summed E-state index contributed by atoms with van der Waals surface area (Å²) >= 11 is 0. The van der Waals surface area contributed by atoms with E-state index in [4.69, 9.17) is 14.6 Å². The van der Waals surface area contributed by atoms with Gasteiger partial charge in [0.2, 0.25) is 11.9 Å². The fourth-order valence-corrected chi connectivity index (χ4v) is 4.42. The molecule has 2 aliphatic rings. The first-order chi connectivity index (χ1) is 18.1. The van der Waals surface area contributed by atoms with E-state index >= 15 is 0 Å². The summed E-state index contributed by atoms with van der Waals surface area (Å²) in [6.45, 7) is 3.49. The Balaban J connectivity index is 1.29. The summed E-state index contributed by atoms with van der Waals surface area (Å²) in [4.78, 5) is 28.6. The number of nitrogens with zero attached hydrogens (tertiary/aromatic N) is 6. The number of likely N-dealkylation sites (tertiary alicyclic amines) is 1. The lowest BCUT2D eigenvalue weighted by molar-refractivity contribution is -0.133. The second-order valence-electron chi connectivity index (χ2n) is 8.76. The Morgan fingerprint density at radius 1 is 1.19 bits per heavy atom. The van der Waals surface area contributed by atoms with Gasteiger partial charge in [0.05, 0.1) is 25.3 Å². The van der Waals surface area contributed by atoms with E-state index in [-0.39, 0.29) is 12.0 Å². The third-order valence-electron chi connectivity index (χ3n) is 6.34. The van der Waals surface area contributed by atoms with Crippen LogP contribution >= 0.6 is 0 Å². The number of amides is 1. The lowest BCUT2D eigenvalue weighted by atomic mass is 10.1. The quantitative estimate of drug-likeness (QED) is 0.494. The molecule has 5 rings (SSSR count). The van der Waals surface area contributed by atoms with E-state index in [0.717, 1.165) is 24.5 Å². The Morgan fingerprint density at radius 2 is 2.05 bits per heavy atom. The number of anilines is 3. The van der Waals surface area contributed by atoms with Crippen LogP contribution in [0.1, 0.15) is 12.0 Å². The van der Waals surface area contributed by atoms with Gasteiger partial charge in [-0.25, -0.2) is 9.97 Å². The first-order valence-electron chi connectivity index (χ1n) is 12.1. The largest absolute Gasteiger partial charge is 0.487 e. The number of nitriles is 1. The molecule has 3 heterocycles. The molecule has 2 aliphatic heterocycles. The van der Waals surface area contributed by atoms with Gasteiger partial charge < -0.3 is 29.7 Å². The molecule has 3 aromatic rings. The maximum atomic E-state index is 11.7. The van der Waals surface area contributed by atoms with Gasteiger partial charge in [-0.3, -0.25) is 4.79 Å². The van der Waals surface area contributed by atoms with Gasteiger partial charge in [0.1, 0.15) is 30.9 Å². The molecule has 11 nitrogen and oxygen atoms in total. The summed E-state index contributed by atoms with van der Waals surface area (Å²) in [6, 6.07) is 15.4. The van der Waals surface area contributed by atoms with Crippen molar-refractivity contribution in [2.45, 2.75) is 12.5 Å².